The number of hydrogen-bond donors (Lipinski definition) is 3. The normalized spacial score (nSPS) is 16.9. The first-order valence-electron chi connectivity index (χ1n) is 13.7. The molecule has 10 heteroatoms. The number of nitrogens with zero attached hydrogens (tertiary/aromatic N) is 4. The van der Waals surface area contributed by atoms with E-state index in [9.17, 15) is 9.50 Å². The Hall–Kier alpha value is -3.50. The number of nitrogens with one attached hydrogen (secondary N) is 2. The van der Waals surface area contributed by atoms with Gasteiger partial charge in [-0.05, 0) is 68.7 Å². The number of phenolic OH excluding ortho intramolecular Hbond substituents is 1. The van der Waals surface area contributed by atoms with Gasteiger partial charge < -0.3 is 14.8 Å². The summed E-state index contributed by atoms with van der Waals surface area (Å²) in [5.74, 6) is 0.911. The van der Waals surface area contributed by atoms with Crippen molar-refractivity contribution in [1.29, 1.82) is 0 Å². The minimum absolute atomic E-state index is 0.0591. The molecule has 0 radical (unpaired) electrons. The van der Waals surface area contributed by atoms with Gasteiger partial charge in [0.15, 0.2) is 5.82 Å². The van der Waals surface area contributed by atoms with Gasteiger partial charge in [-0.1, -0.05) is 5.57 Å². The molecule has 1 aliphatic heterocycles. The second kappa shape index (κ2) is 11.5. The number of aromatic nitrogens is 4. The molecule has 3 fully saturated rings. The van der Waals surface area contributed by atoms with Gasteiger partial charge in [-0.25, -0.2) is 23.6 Å². The first kappa shape index (κ1) is 26.7. The Morgan fingerprint density at radius 2 is 1.75 bits per heavy atom. The van der Waals surface area contributed by atoms with Crippen molar-refractivity contribution in [3.8, 4) is 16.9 Å². The van der Waals surface area contributed by atoms with E-state index in [0.717, 1.165) is 103 Å². The third kappa shape index (κ3) is 5.17. The summed E-state index contributed by atoms with van der Waals surface area (Å²) < 4.78 is 31.0. The van der Waals surface area contributed by atoms with Gasteiger partial charge in [-0.3, -0.25) is 4.39 Å². The number of phenols is 1. The quantitative estimate of drug-likeness (QED) is 0.160. The van der Waals surface area contributed by atoms with Crippen LogP contribution in [0.4, 0.5) is 14.5 Å². The summed E-state index contributed by atoms with van der Waals surface area (Å²) in [4.78, 5) is 17.1. The Labute approximate surface area is 236 Å². The van der Waals surface area contributed by atoms with Crippen LogP contribution in [0.1, 0.15) is 67.8 Å². The fourth-order valence-electron chi connectivity index (χ4n) is 5.29. The number of alkyl halides is 1. The van der Waals surface area contributed by atoms with Crippen molar-refractivity contribution in [2.45, 2.75) is 50.9 Å². The highest BCUT2D eigenvalue weighted by molar-refractivity contribution is 7.98. The number of fused-ring (bicyclic) bond motifs is 1. The van der Waals surface area contributed by atoms with Crippen LogP contribution >= 0.6 is 12.1 Å². The largest absolute Gasteiger partial charge is 0.507 e. The zero-order chi connectivity index (χ0) is 27.6. The van der Waals surface area contributed by atoms with E-state index in [1.54, 1.807) is 12.1 Å². The Balaban J connectivity index is 0.00000142. The van der Waals surface area contributed by atoms with Crippen LogP contribution in [0.5, 0.6) is 5.75 Å². The molecule has 0 bridgehead atoms. The van der Waals surface area contributed by atoms with Crippen LogP contribution in [0.25, 0.3) is 27.7 Å². The summed E-state index contributed by atoms with van der Waals surface area (Å²) in [5.41, 5.74) is 5.88. The first-order valence-corrected chi connectivity index (χ1v) is 14.5. The standard InChI is InChI=1S/C29H29FN6OS.CH3F/c30-27-23(35-38-36-10-1-2-11-36)8-9-24(37)26(27)25(17-4-3-5-17)22-16-34-29-21(22)12-19(13-33-29)20-14-31-28(32-15-20)18-6-7-18;1-2/h8-9,12-16,18,35,37H,1-7,10-11H2,(H,33,34);1H3. The van der Waals surface area contributed by atoms with Crippen LogP contribution in [0, 0.1) is 5.82 Å². The van der Waals surface area contributed by atoms with Gasteiger partial charge in [0.05, 0.1) is 18.4 Å². The van der Waals surface area contributed by atoms with Crippen LogP contribution in [-0.4, -0.2) is 49.6 Å². The van der Waals surface area contributed by atoms with Crippen molar-refractivity contribution in [2.75, 3.05) is 25.0 Å². The van der Waals surface area contributed by atoms with E-state index < -0.39 is 5.82 Å². The molecule has 0 atom stereocenters. The Kier molecular flexibility index (Phi) is 7.71. The summed E-state index contributed by atoms with van der Waals surface area (Å²) in [6.45, 7) is 1.97. The number of pyridine rings is 1. The fraction of sp³-hybridized carbons (Fsp3) is 0.367. The molecular weight excluding hydrogens is 530 g/mol. The van der Waals surface area contributed by atoms with Crippen molar-refractivity contribution < 1.29 is 13.9 Å². The third-order valence-electron chi connectivity index (χ3n) is 7.78. The topological polar surface area (TPSA) is 90.0 Å². The summed E-state index contributed by atoms with van der Waals surface area (Å²) >= 11 is 1.43. The maximum absolute atomic E-state index is 16.1. The molecule has 2 aliphatic carbocycles. The molecule has 0 spiro atoms. The van der Waals surface area contributed by atoms with E-state index in [-0.39, 0.29) is 11.3 Å². The second-order valence-corrected chi connectivity index (χ2v) is 11.3. The molecule has 3 aliphatic rings. The van der Waals surface area contributed by atoms with Crippen molar-refractivity contribution in [3.05, 3.63) is 71.3 Å². The number of benzene rings is 1. The molecule has 1 saturated heterocycles. The second-order valence-electron chi connectivity index (χ2n) is 10.4. The van der Waals surface area contributed by atoms with Crippen molar-refractivity contribution in [2.24, 2.45) is 0 Å². The summed E-state index contributed by atoms with van der Waals surface area (Å²) in [6.07, 6.45) is 14.9. The number of aromatic hydroxyl groups is 1. The predicted octanol–water partition coefficient (Wildman–Crippen LogP) is 7.38. The molecule has 4 aromatic rings. The summed E-state index contributed by atoms with van der Waals surface area (Å²) in [5, 5.41) is 11.8. The average molecular weight is 563 g/mol. The van der Waals surface area contributed by atoms with E-state index in [1.165, 1.54) is 12.1 Å². The van der Waals surface area contributed by atoms with Crippen LogP contribution in [0.15, 0.2) is 48.6 Å². The van der Waals surface area contributed by atoms with Gasteiger partial charge in [0, 0.05) is 78.0 Å². The lowest BCUT2D eigenvalue weighted by molar-refractivity contribution is 0.467. The average Bonchev–Trinajstić information content (AvgIpc) is 3.52. The Morgan fingerprint density at radius 1 is 1.02 bits per heavy atom. The maximum Gasteiger partial charge on any atom is 0.158 e. The predicted molar refractivity (Wildman–Crippen MR) is 156 cm³/mol. The smallest absolute Gasteiger partial charge is 0.158 e. The van der Waals surface area contributed by atoms with Crippen LogP contribution in [-0.2, 0) is 0 Å². The highest BCUT2D eigenvalue weighted by atomic mass is 32.2. The van der Waals surface area contributed by atoms with Crippen molar-refractivity contribution >= 4 is 34.4 Å². The molecular formula is C30H32F2N6OS. The van der Waals surface area contributed by atoms with Gasteiger partial charge in [-0.15, -0.1) is 0 Å². The molecule has 4 heterocycles. The first-order chi connectivity index (χ1) is 19.7. The zero-order valence-electron chi connectivity index (χ0n) is 22.4. The molecule has 3 N–H and O–H groups in total. The fourth-order valence-corrected chi connectivity index (χ4v) is 6.11. The van der Waals surface area contributed by atoms with Crippen LogP contribution < -0.4 is 4.72 Å². The van der Waals surface area contributed by atoms with E-state index in [0.29, 0.717) is 18.8 Å². The van der Waals surface area contributed by atoms with E-state index in [1.807, 2.05) is 24.8 Å². The minimum atomic E-state index is -0.436. The van der Waals surface area contributed by atoms with Crippen molar-refractivity contribution in [3.63, 3.8) is 0 Å². The molecule has 0 unspecified atom stereocenters. The van der Waals surface area contributed by atoms with Crippen molar-refractivity contribution in [1.82, 2.24) is 24.2 Å². The lowest BCUT2D eigenvalue weighted by Crippen LogP contribution is -2.13. The third-order valence-corrected chi connectivity index (χ3v) is 8.71. The number of halogens is 2. The van der Waals surface area contributed by atoms with Crippen LogP contribution in [0.3, 0.4) is 0 Å². The SMILES string of the molecule is CF.Oc1ccc(NSN2CCCC2)c(F)c1C(=C1CCC1)c1c[nH]c2ncc(-c3cnc(C4CC4)nc3)cc12. The maximum atomic E-state index is 16.1. The number of allylic oxidation sites excluding steroid dienone is 1. The summed E-state index contributed by atoms with van der Waals surface area (Å²) in [6, 6.07) is 5.26. The number of rotatable bonds is 7. The monoisotopic (exact) mass is 562 g/mol. The molecule has 208 valence electrons. The number of anilines is 1. The lowest BCUT2D eigenvalue weighted by Gasteiger charge is -2.24. The Bertz CT molecular complexity index is 1540. The van der Waals surface area contributed by atoms with E-state index in [4.69, 9.17) is 0 Å². The molecule has 7 nitrogen and oxygen atoms in total. The minimum Gasteiger partial charge on any atom is -0.507 e. The van der Waals surface area contributed by atoms with Gasteiger partial charge >= 0.3 is 0 Å². The zero-order valence-corrected chi connectivity index (χ0v) is 23.2. The molecule has 7 rings (SSSR count). The molecule has 1 aromatic carbocycles. The molecule has 40 heavy (non-hydrogen) atoms. The molecule has 2 saturated carbocycles. The van der Waals surface area contributed by atoms with Gasteiger partial charge in [-0.2, -0.15) is 0 Å². The molecule has 3 aromatic heterocycles. The van der Waals surface area contributed by atoms with Crippen LogP contribution in [0.2, 0.25) is 0 Å². The Morgan fingerprint density at radius 3 is 2.42 bits per heavy atom. The number of H-pyrrole nitrogens is 1. The van der Waals surface area contributed by atoms with Gasteiger partial charge in [0.2, 0.25) is 0 Å². The number of hydrogen-bond acceptors (Lipinski definition) is 7. The van der Waals surface area contributed by atoms with Gasteiger partial charge in [0.25, 0.3) is 0 Å². The lowest BCUT2D eigenvalue weighted by atomic mass is 9.81. The van der Waals surface area contributed by atoms with Gasteiger partial charge in [0.1, 0.15) is 17.2 Å². The van der Waals surface area contributed by atoms with E-state index in [2.05, 4.69) is 35.0 Å². The van der Waals surface area contributed by atoms with E-state index >= 15 is 4.39 Å². The molecule has 0 amide bonds. The number of aromatic amines is 1. The summed E-state index contributed by atoms with van der Waals surface area (Å²) in [7, 11) is 0.500. The highest BCUT2D eigenvalue weighted by Gasteiger charge is 2.28. The highest BCUT2D eigenvalue weighted by Crippen LogP contribution is 2.45.